The molecule has 0 aliphatic heterocycles. The van der Waals surface area contributed by atoms with Crippen LogP contribution in [-0.4, -0.2) is 30.2 Å². The van der Waals surface area contributed by atoms with E-state index in [9.17, 15) is 4.79 Å². The van der Waals surface area contributed by atoms with Gasteiger partial charge in [-0.05, 0) is 79.3 Å². The number of rotatable bonds is 4. The highest BCUT2D eigenvalue weighted by atomic mass is 35.5. The van der Waals surface area contributed by atoms with E-state index in [0.717, 1.165) is 5.02 Å². The lowest BCUT2D eigenvalue weighted by Gasteiger charge is -2.23. The maximum atomic E-state index is 10.5. The van der Waals surface area contributed by atoms with Crippen LogP contribution in [0.25, 0.3) is 0 Å². The summed E-state index contributed by atoms with van der Waals surface area (Å²) in [5.41, 5.74) is 6.23. The Morgan fingerprint density at radius 2 is 1.70 bits per heavy atom. The van der Waals surface area contributed by atoms with E-state index in [1.54, 1.807) is 7.05 Å². The predicted octanol–water partition coefficient (Wildman–Crippen LogP) is 5.81. The normalized spacial score (nSPS) is 12.2. The molecule has 156 valence electrons. The van der Waals surface area contributed by atoms with Gasteiger partial charge in [-0.25, -0.2) is 4.79 Å². The average Bonchev–Trinajstić information content (AvgIpc) is 2.79. The van der Waals surface area contributed by atoms with Gasteiger partial charge in [0.1, 0.15) is 0 Å². The molecule has 0 unspecified atom stereocenters. The minimum Gasteiger partial charge on any atom is -0.478 e. The second-order valence-corrected chi connectivity index (χ2v) is 7.61. The van der Waals surface area contributed by atoms with E-state index in [4.69, 9.17) is 16.7 Å². The molecule has 6 heteroatoms. The van der Waals surface area contributed by atoms with E-state index < -0.39 is 5.97 Å². The molecule has 1 heterocycles. The van der Waals surface area contributed by atoms with Crippen molar-refractivity contribution in [3.63, 3.8) is 0 Å². The topological polar surface area (TPSA) is 65.5 Å². The van der Waals surface area contributed by atoms with Crippen LogP contribution >= 0.6 is 11.6 Å². The van der Waals surface area contributed by atoms with Gasteiger partial charge in [0.15, 0.2) is 0 Å². The first-order chi connectivity index (χ1) is 14.5. The van der Waals surface area contributed by atoms with Gasteiger partial charge in [0.05, 0.1) is 17.4 Å². The van der Waals surface area contributed by atoms with E-state index >= 15 is 0 Å². The van der Waals surface area contributed by atoms with Crippen LogP contribution in [0.1, 0.15) is 34.3 Å². The molecule has 30 heavy (non-hydrogen) atoms. The summed E-state index contributed by atoms with van der Waals surface area (Å²) in [6, 6.07) is 16.3. The Balaban J connectivity index is 0.000000199. The minimum atomic E-state index is -0.947. The van der Waals surface area contributed by atoms with E-state index in [-0.39, 0.29) is 5.56 Å². The number of pyridine rings is 1. The Morgan fingerprint density at radius 1 is 1.03 bits per heavy atom. The second-order valence-electron chi connectivity index (χ2n) is 7.17. The number of aromatic carboxylic acids is 1. The van der Waals surface area contributed by atoms with E-state index in [2.05, 4.69) is 52.6 Å². The monoisotopic (exact) mass is 423 g/mol. The van der Waals surface area contributed by atoms with Crippen LogP contribution in [0.4, 0.5) is 17.1 Å². The van der Waals surface area contributed by atoms with Crippen molar-refractivity contribution in [2.75, 3.05) is 24.3 Å². The van der Waals surface area contributed by atoms with Crippen molar-refractivity contribution in [2.45, 2.75) is 25.7 Å². The van der Waals surface area contributed by atoms with E-state index in [1.165, 1.54) is 66.6 Å². The zero-order chi connectivity index (χ0) is 21.5. The molecule has 0 bridgehead atoms. The number of carboxylic acid groups (broad SMARTS) is 1. The van der Waals surface area contributed by atoms with Crippen molar-refractivity contribution >= 4 is 34.6 Å². The molecule has 1 aliphatic rings. The van der Waals surface area contributed by atoms with Gasteiger partial charge in [-0.3, -0.25) is 4.98 Å². The highest BCUT2D eigenvalue weighted by molar-refractivity contribution is 6.30. The highest BCUT2D eigenvalue weighted by Gasteiger charge is 2.11. The second kappa shape index (κ2) is 10.1. The first-order valence-corrected chi connectivity index (χ1v) is 10.3. The fraction of sp³-hybridized carbons (Fsp3) is 0.250. The molecule has 5 nitrogen and oxygen atoms in total. The van der Waals surface area contributed by atoms with Gasteiger partial charge in [0, 0.05) is 36.7 Å². The highest BCUT2D eigenvalue weighted by Crippen LogP contribution is 2.29. The first-order valence-electron chi connectivity index (χ1n) is 9.95. The lowest BCUT2D eigenvalue weighted by Crippen LogP contribution is -2.11. The predicted molar refractivity (Wildman–Crippen MR) is 123 cm³/mol. The summed E-state index contributed by atoms with van der Waals surface area (Å²) in [7, 11) is 3.76. The third-order valence-corrected chi connectivity index (χ3v) is 5.51. The Kier molecular flexibility index (Phi) is 7.31. The average molecular weight is 424 g/mol. The molecule has 2 aromatic carbocycles. The lowest BCUT2D eigenvalue weighted by atomic mass is 9.91. The molecular formula is C24H26ClN3O2. The zero-order valence-corrected chi connectivity index (χ0v) is 18.0. The number of fused-ring (bicyclic) bond motifs is 1. The summed E-state index contributed by atoms with van der Waals surface area (Å²) < 4.78 is 0. The molecule has 2 N–H and O–H groups in total. The molecule has 0 saturated heterocycles. The Bertz CT molecular complexity index is 1010. The summed E-state index contributed by atoms with van der Waals surface area (Å²) in [5, 5.41) is 12.1. The lowest BCUT2D eigenvalue weighted by molar-refractivity contribution is 0.0698. The molecule has 1 aliphatic carbocycles. The van der Waals surface area contributed by atoms with Crippen molar-refractivity contribution in [1.82, 2.24) is 4.98 Å². The van der Waals surface area contributed by atoms with Crippen LogP contribution in [-0.2, 0) is 12.8 Å². The van der Waals surface area contributed by atoms with E-state index in [1.807, 2.05) is 12.1 Å². The van der Waals surface area contributed by atoms with Gasteiger partial charge >= 0.3 is 5.97 Å². The van der Waals surface area contributed by atoms with Crippen molar-refractivity contribution in [2.24, 2.45) is 0 Å². The summed E-state index contributed by atoms with van der Waals surface area (Å²) >= 11 is 5.94. The number of carbonyl (C=O) groups is 1. The molecule has 1 aromatic heterocycles. The SMILES string of the molecule is CN(c1ccc(Cl)cc1)c1ccc2c(c1)CCCC2.CNc1cnccc1C(=O)O. The summed E-state index contributed by atoms with van der Waals surface area (Å²) in [4.78, 5) is 16.5. The third kappa shape index (κ3) is 5.30. The van der Waals surface area contributed by atoms with Gasteiger partial charge in [-0.2, -0.15) is 0 Å². The number of nitrogens with zero attached hydrogens (tertiary/aromatic N) is 2. The number of anilines is 3. The molecule has 0 amide bonds. The zero-order valence-electron chi connectivity index (χ0n) is 17.2. The Labute approximate surface area is 182 Å². The van der Waals surface area contributed by atoms with E-state index in [0.29, 0.717) is 5.69 Å². The standard InChI is InChI=1S/C17H18ClN.C7H8N2O2/c1-19(16-10-7-15(18)8-11-16)17-9-6-13-4-2-3-5-14(13)12-17;1-8-6-4-9-3-2-5(6)7(10)11/h6-12H,2-5H2,1H3;2-4,8H,1H3,(H,10,11). The van der Waals surface area contributed by atoms with Crippen LogP contribution < -0.4 is 10.2 Å². The number of aromatic nitrogens is 1. The number of hydrogen-bond donors (Lipinski definition) is 2. The summed E-state index contributed by atoms with van der Waals surface area (Å²) in [6.45, 7) is 0. The van der Waals surface area contributed by atoms with Crippen LogP contribution in [0.5, 0.6) is 0 Å². The molecule has 0 saturated carbocycles. The van der Waals surface area contributed by atoms with Crippen LogP contribution in [0.15, 0.2) is 60.9 Å². The van der Waals surface area contributed by atoms with Gasteiger partial charge in [0.2, 0.25) is 0 Å². The molecule has 0 fully saturated rings. The van der Waals surface area contributed by atoms with Crippen molar-refractivity contribution in [3.05, 3.63) is 82.6 Å². The van der Waals surface area contributed by atoms with Crippen LogP contribution in [0, 0.1) is 0 Å². The maximum Gasteiger partial charge on any atom is 0.337 e. The number of benzene rings is 2. The van der Waals surface area contributed by atoms with Crippen LogP contribution in [0.3, 0.4) is 0 Å². The van der Waals surface area contributed by atoms with Crippen molar-refractivity contribution in [1.29, 1.82) is 0 Å². The van der Waals surface area contributed by atoms with Gasteiger partial charge in [0.25, 0.3) is 0 Å². The van der Waals surface area contributed by atoms with Crippen molar-refractivity contribution in [3.8, 4) is 0 Å². The molecule has 0 radical (unpaired) electrons. The number of aryl methyl sites for hydroxylation is 2. The number of hydrogen-bond acceptors (Lipinski definition) is 4. The number of carboxylic acids is 1. The Hall–Kier alpha value is -3.05. The fourth-order valence-electron chi connectivity index (χ4n) is 3.52. The van der Waals surface area contributed by atoms with Gasteiger partial charge in [-0.15, -0.1) is 0 Å². The summed E-state index contributed by atoms with van der Waals surface area (Å²) in [5.74, 6) is -0.947. The maximum absolute atomic E-state index is 10.5. The molecule has 0 spiro atoms. The molecule has 3 aromatic rings. The summed E-state index contributed by atoms with van der Waals surface area (Å²) in [6.07, 6.45) is 8.03. The smallest absolute Gasteiger partial charge is 0.337 e. The Morgan fingerprint density at radius 3 is 2.33 bits per heavy atom. The molecule has 0 atom stereocenters. The third-order valence-electron chi connectivity index (χ3n) is 5.25. The fourth-order valence-corrected chi connectivity index (χ4v) is 3.65. The molecular weight excluding hydrogens is 398 g/mol. The number of nitrogens with one attached hydrogen (secondary N) is 1. The van der Waals surface area contributed by atoms with Gasteiger partial charge < -0.3 is 15.3 Å². The van der Waals surface area contributed by atoms with Gasteiger partial charge in [-0.1, -0.05) is 17.7 Å². The number of halogens is 1. The minimum absolute atomic E-state index is 0.238. The van der Waals surface area contributed by atoms with Crippen LogP contribution in [0.2, 0.25) is 5.02 Å². The molecule has 4 rings (SSSR count). The largest absolute Gasteiger partial charge is 0.478 e. The quantitative estimate of drug-likeness (QED) is 0.554. The van der Waals surface area contributed by atoms with Crippen molar-refractivity contribution < 1.29 is 9.90 Å². The first kappa shape index (κ1) is 21.7.